The Labute approximate surface area is 103 Å². The number of aryl methyl sites for hydroxylation is 1. The van der Waals surface area contributed by atoms with Crippen LogP contribution in [0.25, 0.3) is 0 Å². The molecule has 0 saturated heterocycles. The number of hydrogen-bond acceptors (Lipinski definition) is 3. The second-order valence-electron chi connectivity index (χ2n) is 3.67. The zero-order valence-corrected chi connectivity index (χ0v) is 9.53. The fraction of sp³-hybridized carbons (Fsp3) is 0.0769. The summed E-state index contributed by atoms with van der Waals surface area (Å²) in [6.07, 6.45) is 0. The third-order valence-corrected chi connectivity index (χ3v) is 2.31. The first-order valence-corrected chi connectivity index (χ1v) is 5.17. The second-order valence-corrected chi connectivity index (χ2v) is 3.67. The van der Waals surface area contributed by atoms with Crippen molar-refractivity contribution in [2.45, 2.75) is 6.92 Å². The molecule has 0 aliphatic heterocycles. The lowest BCUT2D eigenvalue weighted by Gasteiger charge is -2.03. The molecule has 0 atom stereocenters. The summed E-state index contributed by atoms with van der Waals surface area (Å²) in [7, 11) is 0. The van der Waals surface area contributed by atoms with Crippen LogP contribution in [-0.4, -0.2) is 5.91 Å². The molecule has 1 aromatic heterocycles. The largest absolute Gasteiger partial charge is 0.456 e. The summed E-state index contributed by atoms with van der Waals surface area (Å²) in [5.74, 6) is -0.282. The number of nitriles is 1. The highest BCUT2D eigenvalue weighted by Gasteiger charge is 2.11. The summed E-state index contributed by atoms with van der Waals surface area (Å²) in [4.78, 5) is 11.7. The third kappa shape index (κ3) is 2.38. The number of benzene rings is 1. The maximum Gasteiger partial charge on any atom is 0.291 e. The number of carbonyl (C=O) groups excluding carboxylic acids is 1. The first-order valence-electron chi connectivity index (χ1n) is 5.17. The van der Waals surface area contributed by atoms with E-state index in [-0.39, 0.29) is 11.3 Å². The normalized spacial score (nSPS) is 9.83. The van der Waals surface area contributed by atoms with Gasteiger partial charge in [-0.3, -0.25) is 4.79 Å². The highest BCUT2D eigenvalue weighted by molar-refractivity contribution is 6.02. The smallest absolute Gasteiger partial charge is 0.291 e. The van der Waals surface area contributed by atoms with Crippen molar-refractivity contribution in [2.75, 3.05) is 5.32 Å². The number of nitrogens with zero attached hydrogens (tertiary/aromatic N) is 1. The van der Waals surface area contributed by atoms with E-state index in [0.717, 1.165) is 6.07 Å². The van der Waals surface area contributed by atoms with Crippen molar-refractivity contribution >= 4 is 11.6 Å². The Morgan fingerprint density at radius 3 is 2.78 bits per heavy atom. The quantitative estimate of drug-likeness (QED) is 0.883. The average Bonchev–Trinajstić information content (AvgIpc) is 2.78. The van der Waals surface area contributed by atoms with Gasteiger partial charge in [-0.05, 0) is 37.3 Å². The molecular formula is C13H9FN2O2. The summed E-state index contributed by atoms with van der Waals surface area (Å²) < 4.78 is 18.2. The van der Waals surface area contributed by atoms with Gasteiger partial charge in [-0.25, -0.2) is 4.39 Å². The number of furan rings is 1. The summed E-state index contributed by atoms with van der Waals surface area (Å²) in [5.41, 5.74) is 0.218. The van der Waals surface area contributed by atoms with Crippen LogP contribution in [0.4, 0.5) is 10.1 Å². The number of carbonyl (C=O) groups is 1. The van der Waals surface area contributed by atoms with E-state index in [2.05, 4.69) is 5.32 Å². The highest BCUT2D eigenvalue weighted by Crippen LogP contribution is 2.15. The summed E-state index contributed by atoms with van der Waals surface area (Å²) in [6, 6.07) is 8.68. The molecule has 0 unspecified atom stereocenters. The van der Waals surface area contributed by atoms with Gasteiger partial charge in [0.15, 0.2) is 5.76 Å². The van der Waals surface area contributed by atoms with Gasteiger partial charge < -0.3 is 9.73 Å². The standard InChI is InChI=1S/C13H9FN2O2/c1-8-2-5-12(18-8)13(17)16-10-3-4-11(14)9(6-10)7-15/h2-6H,1H3,(H,16,17). The molecule has 1 aromatic carbocycles. The Bertz CT molecular complexity index is 641. The molecule has 2 rings (SSSR count). The lowest BCUT2D eigenvalue weighted by atomic mass is 10.2. The van der Waals surface area contributed by atoms with Crippen LogP contribution in [0.3, 0.4) is 0 Å². The van der Waals surface area contributed by atoms with Gasteiger partial charge in [0.05, 0.1) is 5.56 Å². The predicted octanol–water partition coefficient (Wildman–Crippen LogP) is 2.85. The van der Waals surface area contributed by atoms with Crippen LogP contribution in [-0.2, 0) is 0 Å². The average molecular weight is 244 g/mol. The number of nitrogens with one attached hydrogen (secondary N) is 1. The Hall–Kier alpha value is -2.61. The molecule has 0 fully saturated rings. The molecule has 1 N–H and O–H groups in total. The van der Waals surface area contributed by atoms with Crippen molar-refractivity contribution in [3.8, 4) is 6.07 Å². The summed E-state index contributed by atoms with van der Waals surface area (Å²) in [5, 5.41) is 11.2. The Morgan fingerprint density at radius 2 is 2.17 bits per heavy atom. The van der Waals surface area contributed by atoms with Gasteiger partial charge >= 0.3 is 0 Å². The van der Waals surface area contributed by atoms with Gasteiger partial charge in [-0.1, -0.05) is 0 Å². The van der Waals surface area contributed by atoms with Crippen LogP contribution in [0.2, 0.25) is 0 Å². The zero-order valence-electron chi connectivity index (χ0n) is 9.53. The van der Waals surface area contributed by atoms with E-state index in [9.17, 15) is 9.18 Å². The SMILES string of the molecule is Cc1ccc(C(=O)Nc2ccc(F)c(C#N)c2)o1. The molecule has 0 aliphatic rings. The molecule has 1 amide bonds. The maximum absolute atomic E-state index is 13.1. The molecule has 2 aromatic rings. The third-order valence-electron chi connectivity index (χ3n) is 2.31. The van der Waals surface area contributed by atoms with E-state index in [1.807, 2.05) is 0 Å². The highest BCUT2D eigenvalue weighted by atomic mass is 19.1. The molecule has 1 heterocycles. The number of amides is 1. The van der Waals surface area contributed by atoms with Gasteiger partial charge in [0, 0.05) is 5.69 Å². The van der Waals surface area contributed by atoms with Crippen molar-refractivity contribution in [3.05, 3.63) is 53.2 Å². The fourth-order valence-corrected chi connectivity index (χ4v) is 1.44. The van der Waals surface area contributed by atoms with E-state index in [1.54, 1.807) is 25.1 Å². The zero-order chi connectivity index (χ0) is 13.1. The van der Waals surface area contributed by atoms with Crippen LogP contribution in [0.1, 0.15) is 21.9 Å². The second kappa shape index (κ2) is 4.72. The van der Waals surface area contributed by atoms with Crippen molar-refractivity contribution in [1.29, 1.82) is 5.26 Å². The van der Waals surface area contributed by atoms with Crippen LogP contribution >= 0.6 is 0 Å². The van der Waals surface area contributed by atoms with E-state index in [4.69, 9.17) is 9.68 Å². The molecule has 4 nitrogen and oxygen atoms in total. The van der Waals surface area contributed by atoms with Crippen molar-refractivity contribution in [1.82, 2.24) is 0 Å². The molecular weight excluding hydrogens is 235 g/mol. The minimum Gasteiger partial charge on any atom is -0.456 e. The first-order chi connectivity index (χ1) is 8.60. The molecule has 0 saturated carbocycles. The lowest BCUT2D eigenvalue weighted by molar-refractivity contribution is 0.0995. The number of rotatable bonds is 2. The van der Waals surface area contributed by atoms with Crippen LogP contribution in [0.15, 0.2) is 34.7 Å². The Morgan fingerprint density at radius 1 is 1.39 bits per heavy atom. The predicted molar refractivity (Wildman–Crippen MR) is 62.5 cm³/mol. The van der Waals surface area contributed by atoms with Crippen LogP contribution < -0.4 is 5.32 Å². The topological polar surface area (TPSA) is 66.0 Å². The fourth-order valence-electron chi connectivity index (χ4n) is 1.44. The summed E-state index contributed by atoms with van der Waals surface area (Å²) in [6.45, 7) is 1.72. The molecule has 0 aliphatic carbocycles. The van der Waals surface area contributed by atoms with Crippen molar-refractivity contribution in [3.63, 3.8) is 0 Å². The number of halogens is 1. The minimum atomic E-state index is -0.621. The summed E-state index contributed by atoms with van der Waals surface area (Å²) >= 11 is 0. The van der Waals surface area contributed by atoms with E-state index < -0.39 is 11.7 Å². The van der Waals surface area contributed by atoms with Crippen molar-refractivity contribution < 1.29 is 13.6 Å². The number of anilines is 1. The molecule has 18 heavy (non-hydrogen) atoms. The Balaban J connectivity index is 2.20. The van der Waals surface area contributed by atoms with Crippen LogP contribution in [0, 0.1) is 24.1 Å². The number of hydrogen-bond donors (Lipinski definition) is 1. The maximum atomic E-state index is 13.1. The van der Waals surface area contributed by atoms with Crippen LogP contribution in [0.5, 0.6) is 0 Å². The molecule has 0 spiro atoms. The van der Waals surface area contributed by atoms with E-state index in [0.29, 0.717) is 11.4 Å². The lowest BCUT2D eigenvalue weighted by Crippen LogP contribution is -2.11. The van der Waals surface area contributed by atoms with Gasteiger partial charge in [-0.15, -0.1) is 0 Å². The van der Waals surface area contributed by atoms with E-state index in [1.165, 1.54) is 12.1 Å². The first kappa shape index (κ1) is 11.9. The minimum absolute atomic E-state index is 0.122. The van der Waals surface area contributed by atoms with Crippen molar-refractivity contribution in [2.24, 2.45) is 0 Å². The van der Waals surface area contributed by atoms with Gasteiger partial charge in [0.2, 0.25) is 0 Å². The Kier molecular flexibility index (Phi) is 3.11. The van der Waals surface area contributed by atoms with E-state index >= 15 is 0 Å². The van der Waals surface area contributed by atoms with Gasteiger partial charge in [-0.2, -0.15) is 5.26 Å². The molecule has 0 radical (unpaired) electrons. The van der Waals surface area contributed by atoms with Gasteiger partial charge in [0.25, 0.3) is 5.91 Å². The molecule has 5 heteroatoms. The van der Waals surface area contributed by atoms with Gasteiger partial charge in [0.1, 0.15) is 17.6 Å². The molecule has 0 bridgehead atoms. The monoisotopic (exact) mass is 244 g/mol. The molecule has 90 valence electrons.